The zero-order chi connectivity index (χ0) is 17.5. The Bertz CT molecular complexity index is 642. The third kappa shape index (κ3) is 4.80. The van der Waals surface area contributed by atoms with Gasteiger partial charge in [-0.2, -0.15) is 0 Å². The molecular formula is C19H27N3O3. The molecule has 1 saturated heterocycles. The summed E-state index contributed by atoms with van der Waals surface area (Å²) in [5.41, 5.74) is 0.888. The molecule has 6 heteroatoms. The molecule has 0 amide bonds. The summed E-state index contributed by atoms with van der Waals surface area (Å²) >= 11 is 0. The number of hydrogen-bond donors (Lipinski definition) is 1. The number of aliphatic hydroxyl groups is 1. The third-order valence-corrected chi connectivity index (χ3v) is 4.63. The molecule has 0 bridgehead atoms. The minimum absolute atomic E-state index is 0.181. The Morgan fingerprint density at radius 1 is 1.24 bits per heavy atom. The molecule has 0 spiro atoms. The Kier molecular flexibility index (Phi) is 6.42. The maximum absolute atomic E-state index is 9.51. The van der Waals surface area contributed by atoms with Crippen molar-refractivity contribution in [1.82, 2.24) is 15.1 Å². The number of aliphatic hydroxyl groups excluding tert-OH is 1. The highest BCUT2D eigenvalue weighted by Gasteiger charge is 2.23. The van der Waals surface area contributed by atoms with E-state index in [1.165, 1.54) is 6.42 Å². The zero-order valence-corrected chi connectivity index (χ0v) is 14.9. The lowest BCUT2D eigenvalue weighted by Gasteiger charge is -2.33. The second-order valence-corrected chi connectivity index (χ2v) is 6.53. The van der Waals surface area contributed by atoms with Crippen LogP contribution < -0.4 is 4.74 Å². The van der Waals surface area contributed by atoms with Crippen LogP contribution in [0.15, 0.2) is 28.7 Å². The van der Waals surface area contributed by atoms with Gasteiger partial charge in [0, 0.05) is 11.6 Å². The van der Waals surface area contributed by atoms with Gasteiger partial charge in [0.05, 0.1) is 19.8 Å². The second kappa shape index (κ2) is 8.97. The Morgan fingerprint density at radius 2 is 2.08 bits per heavy atom. The molecule has 1 atom stereocenters. The normalized spacial score (nSPS) is 18.4. The van der Waals surface area contributed by atoms with Crippen LogP contribution in [0.1, 0.15) is 44.9 Å². The molecule has 1 unspecified atom stereocenters. The van der Waals surface area contributed by atoms with Crippen molar-refractivity contribution < 1.29 is 14.3 Å². The fraction of sp³-hybridized carbons (Fsp3) is 0.579. The van der Waals surface area contributed by atoms with E-state index < -0.39 is 0 Å². The summed E-state index contributed by atoms with van der Waals surface area (Å²) in [6.45, 7) is 4.62. The van der Waals surface area contributed by atoms with Crippen molar-refractivity contribution in [2.24, 2.45) is 0 Å². The van der Waals surface area contributed by atoms with E-state index >= 15 is 0 Å². The van der Waals surface area contributed by atoms with Crippen molar-refractivity contribution in [2.75, 3.05) is 19.8 Å². The van der Waals surface area contributed by atoms with Crippen LogP contribution in [0.5, 0.6) is 5.75 Å². The van der Waals surface area contributed by atoms with Crippen LogP contribution in [0.4, 0.5) is 0 Å². The van der Waals surface area contributed by atoms with Gasteiger partial charge in [-0.15, -0.1) is 10.2 Å². The number of rotatable bonds is 8. The van der Waals surface area contributed by atoms with Gasteiger partial charge in [-0.25, -0.2) is 0 Å². The van der Waals surface area contributed by atoms with E-state index in [0.29, 0.717) is 18.3 Å². The molecule has 3 rings (SSSR count). The second-order valence-electron chi connectivity index (χ2n) is 6.53. The SMILES string of the molecule is CCCCOc1ccc(-c2nnc(CN3CCCCC3CO)o2)cc1. The highest BCUT2D eigenvalue weighted by molar-refractivity contribution is 5.53. The summed E-state index contributed by atoms with van der Waals surface area (Å²) in [5.74, 6) is 1.97. The largest absolute Gasteiger partial charge is 0.494 e. The average molecular weight is 345 g/mol. The topological polar surface area (TPSA) is 71.6 Å². The molecule has 1 aromatic heterocycles. The highest BCUT2D eigenvalue weighted by atomic mass is 16.5. The zero-order valence-electron chi connectivity index (χ0n) is 14.9. The van der Waals surface area contributed by atoms with E-state index in [4.69, 9.17) is 9.15 Å². The van der Waals surface area contributed by atoms with Crippen LogP contribution in [0, 0.1) is 0 Å². The van der Waals surface area contributed by atoms with Crippen LogP contribution >= 0.6 is 0 Å². The van der Waals surface area contributed by atoms with E-state index in [1.54, 1.807) is 0 Å². The molecule has 1 fully saturated rings. The first-order valence-corrected chi connectivity index (χ1v) is 9.20. The molecule has 0 radical (unpaired) electrons. The van der Waals surface area contributed by atoms with Crippen molar-refractivity contribution >= 4 is 0 Å². The summed E-state index contributed by atoms with van der Waals surface area (Å²) in [7, 11) is 0. The number of ether oxygens (including phenoxy) is 1. The lowest BCUT2D eigenvalue weighted by atomic mass is 10.0. The molecule has 1 aromatic carbocycles. The number of piperidine rings is 1. The first kappa shape index (κ1) is 17.9. The van der Waals surface area contributed by atoms with Crippen LogP contribution in [-0.4, -0.2) is 46.0 Å². The van der Waals surface area contributed by atoms with E-state index in [1.807, 2.05) is 24.3 Å². The van der Waals surface area contributed by atoms with Gasteiger partial charge in [0.15, 0.2) is 0 Å². The maximum atomic E-state index is 9.51. The summed E-state index contributed by atoms with van der Waals surface area (Å²) in [6.07, 6.45) is 5.52. The predicted octanol–water partition coefficient (Wildman–Crippen LogP) is 3.26. The number of aromatic nitrogens is 2. The lowest BCUT2D eigenvalue weighted by molar-refractivity contribution is 0.0769. The van der Waals surface area contributed by atoms with Crippen molar-refractivity contribution in [3.8, 4) is 17.2 Å². The first-order chi connectivity index (χ1) is 12.3. The van der Waals surface area contributed by atoms with Crippen LogP contribution in [0.3, 0.4) is 0 Å². The van der Waals surface area contributed by atoms with Gasteiger partial charge in [-0.3, -0.25) is 4.90 Å². The predicted molar refractivity (Wildman–Crippen MR) is 95.3 cm³/mol. The van der Waals surface area contributed by atoms with Crippen molar-refractivity contribution in [1.29, 1.82) is 0 Å². The van der Waals surface area contributed by atoms with Crippen LogP contribution in [0.25, 0.3) is 11.5 Å². The van der Waals surface area contributed by atoms with Gasteiger partial charge in [0.2, 0.25) is 11.8 Å². The Labute approximate surface area is 148 Å². The van der Waals surface area contributed by atoms with Gasteiger partial charge < -0.3 is 14.3 Å². The van der Waals surface area contributed by atoms with Gasteiger partial charge in [0.25, 0.3) is 0 Å². The van der Waals surface area contributed by atoms with Gasteiger partial charge in [-0.1, -0.05) is 19.8 Å². The van der Waals surface area contributed by atoms with Gasteiger partial charge in [0.1, 0.15) is 5.75 Å². The van der Waals surface area contributed by atoms with E-state index in [9.17, 15) is 5.11 Å². The Morgan fingerprint density at radius 3 is 2.84 bits per heavy atom. The van der Waals surface area contributed by atoms with E-state index in [0.717, 1.165) is 50.1 Å². The quantitative estimate of drug-likeness (QED) is 0.741. The molecular weight excluding hydrogens is 318 g/mol. The lowest BCUT2D eigenvalue weighted by Crippen LogP contribution is -2.41. The van der Waals surface area contributed by atoms with Crippen LogP contribution in [-0.2, 0) is 6.54 Å². The summed E-state index contributed by atoms with van der Waals surface area (Å²) < 4.78 is 11.5. The van der Waals surface area contributed by atoms with Crippen LogP contribution in [0.2, 0.25) is 0 Å². The summed E-state index contributed by atoms with van der Waals surface area (Å²) in [4.78, 5) is 2.23. The molecule has 0 aliphatic carbocycles. The fourth-order valence-corrected chi connectivity index (χ4v) is 3.11. The molecule has 136 valence electrons. The molecule has 2 aromatic rings. The monoisotopic (exact) mass is 345 g/mol. The summed E-state index contributed by atoms with van der Waals surface area (Å²) in [5, 5.41) is 17.8. The van der Waals surface area contributed by atoms with Crippen molar-refractivity contribution in [3.63, 3.8) is 0 Å². The third-order valence-electron chi connectivity index (χ3n) is 4.63. The fourth-order valence-electron chi connectivity index (χ4n) is 3.11. The standard InChI is InChI=1S/C19H27N3O3/c1-2-3-12-24-17-9-7-15(8-10-17)19-21-20-18(25-19)13-22-11-5-4-6-16(22)14-23/h7-10,16,23H,2-6,11-14H2,1H3. The number of unbranched alkanes of at least 4 members (excludes halogenated alkanes) is 1. The number of likely N-dealkylation sites (tertiary alicyclic amines) is 1. The summed E-state index contributed by atoms with van der Waals surface area (Å²) in [6, 6.07) is 7.94. The van der Waals surface area contributed by atoms with E-state index in [2.05, 4.69) is 22.0 Å². The molecule has 1 aliphatic rings. The minimum Gasteiger partial charge on any atom is -0.494 e. The minimum atomic E-state index is 0.181. The Balaban J connectivity index is 1.60. The molecule has 25 heavy (non-hydrogen) atoms. The molecule has 2 heterocycles. The number of nitrogens with zero attached hydrogens (tertiary/aromatic N) is 3. The first-order valence-electron chi connectivity index (χ1n) is 9.20. The molecule has 6 nitrogen and oxygen atoms in total. The maximum Gasteiger partial charge on any atom is 0.247 e. The van der Waals surface area contributed by atoms with E-state index in [-0.39, 0.29) is 12.6 Å². The average Bonchev–Trinajstić information content (AvgIpc) is 3.11. The number of benzene rings is 1. The van der Waals surface area contributed by atoms with Gasteiger partial charge in [-0.05, 0) is 50.1 Å². The number of hydrogen-bond acceptors (Lipinski definition) is 6. The van der Waals surface area contributed by atoms with Crippen molar-refractivity contribution in [2.45, 2.75) is 51.6 Å². The smallest absolute Gasteiger partial charge is 0.247 e. The van der Waals surface area contributed by atoms with Crippen molar-refractivity contribution in [3.05, 3.63) is 30.2 Å². The molecule has 1 N–H and O–H groups in total. The molecule has 1 aliphatic heterocycles. The Hall–Kier alpha value is -1.92. The highest BCUT2D eigenvalue weighted by Crippen LogP contribution is 2.23. The molecule has 0 saturated carbocycles. The van der Waals surface area contributed by atoms with Gasteiger partial charge >= 0.3 is 0 Å².